The molecular weight excluding hydrogens is 316 g/mol. The highest BCUT2D eigenvalue weighted by Gasteiger charge is 2.52. The number of hydrogen-bond acceptors (Lipinski definition) is 6. The van der Waals surface area contributed by atoms with Crippen molar-refractivity contribution in [3.63, 3.8) is 0 Å². The van der Waals surface area contributed by atoms with Gasteiger partial charge in [-0.2, -0.15) is 0 Å². The molecule has 0 unspecified atom stereocenters. The molecule has 1 amide bonds. The van der Waals surface area contributed by atoms with Crippen LogP contribution in [0.1, 0.15) is 25.7 Å². The van der Waals surface area contributed by atoms with Gasteiger partial charge in [-0.1, -0.05) is 11.8 Å². The van der Waals surface area contributed by atoms with E-state index in [1.165, 1.54) is 11.8 Å². The van der Waals surface area contributed by atoms with E-state index in [0.717, 1.165) is 37.4 Å². The molecule has 0 radical (unpaired) electrons. The molecule has 0 spiro atoms. The third-order valence-corrected chi connectivity index (χ3v) is 6.21. The van der Waals surface area contributed by atoms with Crippen LogP contribution in [0.4, 0.5) is 0 Å². The van der Waals surface area contributed by atoms with Crippen LogP contribution in [0.2, 0.25) is 0 Å². The number of amides is 1. The zero-order valence-electron chi connectivity index (χ0n) is 13.9. The number of ether oxygens (including phenoxy) is 2. The van der Waals surface area contributed by atoms with Crippen LogP contribution < -0.4 is 0 Å². The second-order valence-electron chi connectivity index (χ2n) is 6.27. The second kappa shape index (κ2) is 6.78. The largest absolute Gasteiger partial charge is 0.381 e. The van der Waals surface area contributed by atoms with Crippen LogP contribution >= 0.6 is 11.8 Å². The molecule has 8 heteroatoms. The molecule has 3 rings (SSSR count). The van der Waals surface area contributed by atoms with Gasteiger partial charge < -0.3 is 18.9 Å². The van der Waals surface area contributed by atoms with Crippen LogP contribution in [0.25, 0.3) is 0 Å². The van der Waals surface area contributed by atoms with Crippen LogP contribution in [-0.4, -0.2) is 69.8 Å². The van der Waals surface area contributed by atoms with Gasteiger partial charge in [0, 0.05) is 27.8 Å². The molecule has 1 aliphatic heterocycles. The number of methoxy groups -OCH3 is 2. The Bertz CT molecular complexity index is 567. The van der Waals surface area contributed by atoms with Crippen molar-refractivity contribution in [2.45, 2.75) is 48.6 Å². The van der Waals surface area contributed by atoms with Crippen molar-refractivity contribution in [3.05, 3.63) is 6.33 Å². The molecule has 23 heavy (non-hydrogen) atoms. The molecule has 2 aliphatic rings. The summed E-state index contributed by atoms with van der Waals surface area (Å²) in [5.41, 5.74) is -0.194. The lowest BCUT2D eigenvalue weighted by Gasteiger charge is -2.43. The summed E-state index contributed by atoms with van der Waals surface area (Å²) >= 11 is 1.43. The first-order valence-electron chi connectivity index (χ1n) is 7.94. The molecule has 1 aromatic heterocycles. The lowest BCUT2D eigenvalue weighted by atomic mass is 9.79. The highest BCUT2D eigenvalue weighted by Crippen LogP contribution is 2.43. The number of likely N-dealkylation sites (tertiary alicyclic amines) is 1. The zero-order chi connectivity index (χ0) is 16.4. The van der Waals surface area contributed by atoms with Gasteiger partial charge in [0.25, 0.3) is 0 Å². The average Bonchev–Trinajstić information content (AvgIpc) is 3.15. The summed E-state index contributed by atoms with van der Waals surface area (Å²) in [7, 11) is 5.39. The molecule has 7 nitrogen and oxygen atoms in total. The van der Waals surface area contributed by atoms with Crippen LogP contribution in [-0.2, 0) is 21.3 Å². The van der Waals surface area contributed by atoms with Crippen LogP contribution in [0.3, 0.4) is 0 Å². The van der Waals surface area contributed by atoms with Gasteiger partial charge in [-0.25, -0.2) is 0 Å². The SMILES string of the molecule is CO[C@@H]1CC[C@@]2(OC)CCN(C(=O)CSc3nncn3C)[C@H]2C1. The van der Waals surface area contributed by atoms with Crippen molar-refractivity contribution in [2.75, 3.05) is 26.5 Å². The van der Waals surface area contributed by atoms with Crippen molar-refractivity contribution in [1.82, 2.24) is 19.7 Å². The molecule has 3 atom stereocenters. The van der Waals surface area contributed by atoms with Gasteiger partial charge in [-0.15, -0.1) is 10.2 Å². The lowest BCUT2D eigenvalue weighted by Crippen LogP contribution is -2.53. The highest BCUT2D eigenvalue weighted by atomic mass is 32.2. The first-order chi connectivity index (χ1) is 11.1. The van der Waals surface area contributed by atoms with E-state index < -0.39 is 0 Å². The first kappa shape index (κ1) is 16.7. The van der Waals surface area contributed by atoms with Gasteiger partial charge in [-0.05, 0) is 25.7 Å². The summed E-state index contributed by atoms with van der Waals surface area (Å²) in [6.07, 6.45) is 5.56. The smallest absolute Gasteiger partial charge is 0.233 e. The molecule has 2 fully saturated rings. The fourth-order valence-electron chi connectivity index (χ4n) is 3.79. The Morgan fingerprint density at radius 3 is 2.96 bits per heavy atom. The highest BCUT2D eigenvalue weighted by molar-refractivity contribution is 7.99. The van der Waals surface area contributed by atoms with Crippen LogP contribution in [0.15, 0.2) is 11.5 Å². The molecule has 0 N–H and O–H groups in total. The van der Waals surface area contributed by atoms with Gasteiger partial charge in [0.15, 0.2) is 5.16 Å². The summed E-state index contributed by atoms with van der Waals surface area (Å²) in [5.74, 6) is 0.513. The number of hydrogen-bond donors (Lipinski definition) is 0. The molecule has 1 saturated carbocycles. The minimum atomic E-state index is -0.194. The van der Waals surface area contributed by atoms with Gasteiger partial charge in [0.2, 0.25) is 5.91 Å². The topological polar surface area (TPSA) is 69.5 Å². The molecular formula is C15H24N4O3S. The van der Waals surface area contributed by atoms with Gasteiger partial charge in [0.05, 0.1) is 23.5 Å². The van der Waals surface area contributed by atoms with Gasteiger partial charge in [0.1, 0.15) is 6.33 Å². The summed E-state index contributed by atoms with van der Waals surface area (Å²) < 4.78 is 13.2. The van der Waals surface area contributed by atoms with E-state index in [1.807, 2.05) is 16.5 Å². The number of aryl methyl sites for hydroxylation is 1. The third-order valence-electron chi connectivity index (χ3n) is 5.19. The van der Waals surface area contributed by atoms with E-state index in [-0.39, 0.29) is 23.7 Å². The fraction of sp³-hybridized carbons (Fsp3) is 0.800. The van der Waals surface area contributed by atoms with E-state index >= 15 is 0 Å². The second-order valence-corrected chi connectivity index (χ2v) is 7.21. The third kappa shape index (κ3) is 3.12. The summed E-state index contributed by atoms with van der Waals surface area (Å²) in [5, 5.41) is 8.61. The van der Waals surface area contributed by atoms with Crippen molar-refractivity contribution in [1.29, 1.82) is 0 Å². The van der Waals surface area contributed by atoms with E-state index in [4.69, 9.17) is 9.47 Å². The molecule has 2 heterocycles. The predicted molar refractivity (Wildman–Crippen MR) is 86.2 cm³/mol. The Labute approximate surface area is 140 Å². The van der Waals surface area contributed by atoms with Crippen LogP contribution in [0, 0.1) is 0 Å². The van der Waals surface area contributed by atoms with Crippen LogP contribution in [0.5, 0.6) is 0 Å². The Hall–Kier alpha value is -1.12. The van der Waals surface area contributed by atoms with E-state index in [9.17, 15) is 4.79 Å². The molecule has 1 saturated heterocycles. The van der Waals surface area contributed by atoms with E-state index in [0.29, 0.717) is 5.75 Å². The summed E-state index contributed by atoms with van der Waals surface area (Å²) in [4.78, 5) is 14.7. The molecule has 0 bridgehead atoms. The first-order valence-corrected chi connectivity index (χ1v) is 8.92. The maximum Gasteiger partial charge on any atom is 0.233 e. The number of rotatable bonds is 5. The maximum atomic E-state index is 12.7. The van der Waals surface area contributed by atoms with Gasteiger partial charge >= 0.3 is 0 Å². The summed E-state index contributed by atoms with van der Waals surface area (Å²) in [6, 6.07) is 0.110. The fourth-order valence-corrected chi connectivity index (χ4v) is 4.56. The number of carbonyl (C=O) groups is 1. The number of nitrogens with zero attached hydrogens (tertiary/aromatic N) is 4. The lowest BCUT2D eigenvalue weighted by molar-refractivity contribution is -0.138. The van der Waals surface area contributed by atoms with Crippen molar-refractivity contribution >= 4 is 17.7 Å². The number of carbonyl (C=O) groups excluding carboxylic acids is 1. The predicted octanol–water partition coefficient (Wildman–Crippen LogP) is 1.09. The van der Waals surface area contributed by atoms with Crippen molar-refractivity contribution in [3.8, 4) is 0 Å². The van der Waals surface area contributed by atoms with Crippen molar-refractivity contribution < 1.29 is 14.3 Å². The average molecular weight is 340 g/mol. The van der Waals surface area contributed by atoms with E-state index in [2.05, 4.69) is 10.2 Å². The Kier molecular flexibility index (Phi) is 4.93. The molecule has 1 aliphatic carbocycles. The molecule has 1 aromatic rings. The minimum absolute atomic E-state index is 0.110. The monoisotopic (exact) mass is 340 g/mol. The Balaban J connectivity index is 1.67. The van der Waals surface area contributed by atoms with Gasteiger partial charge in [-0.3, -0.25) is 4.79 Å². The normalized spacial score (nSPS) is 30.5. The number of thioether (sulfide) groups is 1. The molecule has 0 aromatic carbocycles. The summed E-state index contributed by atoms with van der Waals surface area (Å²) in [6.45, 7) is 0.757. The van der Waals surface area contributed by atoms with E-state index in [1.54, 1.807) is 20.5 Å². The number of aromatic nitrogens is 3. The number of fused-ring (bicyclic) bond motifs is 1. The maximum absolute atomic E-state index is 12.7. The Morgan fingerprint density at radius 2 is 2.30 bits per heavy atom. The van der Waals surface area contributed by atoms with Crippen molar-refractivity contribution in [2.24, 2.45) is 7.05 Å². The standard InChI is InChI=1S/C15H24N4O3S/c1-18-10-16-17-14(18)23-9-13(20)19-7-6-15(22-3)5-4-11(21-2)8-12(15)19/h10-12H,4-9H2,1-3H3/t11-,12+,15-/m1/s1. The minimum Gasteiger partial charge on any atom is -0.381 e. The Morgan fingerprint density at radius 1 is 1.48 bits per heavy atom. The quantitative estimate of drug-likeness (QED) is 0.748. The molecule has 128 valence electrons. The zero-order valence-corrected chi connectivity index (χ0v) is 14.7.